The number of imidazole rings is 1. The van der Waals surface area contributed by atoms with Gasteiger partial charge >= 0.3 is 6.18 Å². The number of hydrogen-bond donors (Lipinski definition) is 2. The van der Waals surface area contributed by atoms with Crippen LogP contribution in [-0.4, -0.2) is 37.2 Å². The number of alkyl halides is 3. The number of pyridine rings is 3. The number of nitrogens with one attached hydrogen (secondary N) is 2. The number of hydrogen-bond acceptors (Lipinski definition) is 8. The lowest BCUT2D eigenvalue weighted by Gasteiger charge is -2.21. The molecule has 1 unspecified atom stereocenters. The van der Waals surface area contributed by atoms with Gasteiger partial charge in [-0.1, -0.05) is 13.0 Å². The summed E-state index contributed by atoms with van der Waals surface area (Å²) in [6.45, 7) is 3.56. The summed E-state index contributed by atoms with van der Waals surface area (Å²) in [7, 11) is 1.77. The third-order valence-electron chi connectivity index (χ3n) is 5.15. The van der Waals surface area contributed by atoms with Crippen molar-refractivity contribution >= 4 is 22.7 Å². The van der Waals surface area contributed by atoms with Crippen LogP contribution in [0.15, 0.2) is 43.0 Å². The molecule has 2 N–H and O–H groups in total. The van der Waals surface area contributed by atoms with Gasteiger partial charge in [-0.15, -0.1) is 0 Å². The average Bonchev–Trinajstić information content (AvgIpc) is 3.19. The molecule has 4 aromatic heterocycles. The van der Waals surface area contributed by atoms with E-state index < -0.39 is 12.2 Å². The molecule has 0 aliphatic rings. The molecular weight excluding hydrogens is 461 g/mol. The molecule has 0 bridgehead atoms. The van der Waals surface area contributed by atoms with E-state index in [2.05, 4.69) is 30.6 Å². The number of ether oxygens (including phenoxy) is 1. The molecule has 4 aromatic rings. The van der Waals surface area contributed by atoms with E-state index in [-0.39, 0.29) is 23.7 Å². The Morgan fingerprint density at radius 1 is 1.17 bits per heavy atom. The van der Waals surface area contributed by atoms with Gasteiger partial charge in [-0.05, 0) is 36.7 Å². The molecule has 0 amide bonds. The third-order valence-corrected chi connectivity index (χ3v) is 5.15. The number of anilines is 2. The van der Waals surface area contributed by atoms with E-state index in [0.717, 1.165) is 0 Å². The molecule has 1 atom stereocenters. The molecule has 180 valence electrons. The molecule has 0 aliphatic carbocycles. The second-order valence-corrected chi connectivity index (χ2v) is 7.72. The number of rotatable bonds is 7. The fourth-order valence-corrected chi connectivity index (χ4v) is 3.46. The predicted octanol–water partition coefficient (Wildman–Crippen LogP) is 4.69. The van der Waals surface area contributed by atoms with E-state index in [4.69, 9.17) is 10.00 Å². The lowest BCUT2D eigenvalue weighted by molar-refractivity contribution is -0.157. The van der Waals surface area contributed by atoms with Crippen molar-refractivity contribution in [2.75, 3.05) is 11.9 Å². The summed E-state index contributed by atoms with van der Waals surface area (Å²) >= 11 is 0. The van der Waals surface area contributed by atoms with Crippen LogP contribution in [0.2, 0.25) is 0 Å². The van der Waals surface area contributed by atoms with Gasteiger partial charge in [0, 0.05) is 19.3 Å². The van der Waals surface area contributed by atoms with Crippen LogP contribution >= 0.6 is 0 Å². The summed E-state index contributed by atoms with van der Waals surface area (Å²) in [4.78, 5) is 17.0. The maximum atomic E-state index is 13.4. The number of fused-ring (bicyclic) bond motifs is 1. The number of aryl methyl sites for hydroxylation is 2. The normalized spacial score (nSPS) is 12.4. The number of halogens is 3. The Balaban J connectivity index is 1.65. The number of nitrogens with zero attached hydrogens (tertiary/aromatic N) is 6. The second-order valence-electron chi connectivity index (χ2n) is 7.72. The van der Waals surface area contributed by atoms with E-state index in [1.807, 2.05) is 6.07 Å². The third kappa shape index (κ3) is 5.15. The Labute approximate surface area is 198 Å². The highest BCUT2D eigenvalue weighted by Gasteiger charge is 2.40. The van der Waals surface area contributed by atoms with Crippen molar-refractivity contribution < 1.29 is 17.9 Å². The zero-order chi connectivity index (χ0) is 25.2. The highest BCUT2D eigenvalue weighted by atomic mass is 19.4. The molecule has 9 nitrogen and oxygen atoms in total. The van der Waals surface area contributed by atoms with Crippen molar-refractivity contribution in [1.29, 1.82) is 5.26 Å². The van der Waals surface area contributed by atoms with Crippen LogP contribution in [-0.2, 0) is 7.05 Å². The first-order chi connectivity index (χ1) is 16.7. The van der Waals surface area contributed by atoms with Crippen LogP contribution < -0.4 is 15.4 Å². The zero-order valence-corrected chi connectivity index (χ0v) is 19.1. The Hall–Kier alpha value is -4.24. The van der Waals surface area contributed by atoms with Gasteiger partial charge in [0.1, 0.15) is 29.1 Å². The molecule has 4 heterocycles. The van der Waals surface area contributed by atoms with Crippen LogP contribution in [0.4, 0.5) is 24.7 Å². The maximum absolute atomic E-state index is 13.4. The first-order valence-corrected chi connectivity index (χ1v) is 10.6. The number of nitriles is 1. The maximum Gasteiger partial charge on any atom is 0.407 e. The van der Waals surface area contributed by atoms with Gasteiger partial charge in [-0.2, -0.15) is 23.4 Å². The summed E-state index contributed by atoms with van der Waals surface area (Å²) in [6.07, 6.45) is -0.231. The van der Waals surface area contributed by atoms with E-state index in [1.165, 1.54) is 24.5 Å². The van der Waals surface area contributed by atoms with Gasteiger partial charge in [-0.25, -0.2) is 15.0 Å². The predicted molar refractivity (Wildman–Crippen MR) is 122 cm³/mol. The smallest absolute Gasteiger partial charge is 0.407 e. The lowest BCUT2D eigenvalue weighted by Crippen LogP contribution is -2.34. The minimum Gasteiger partial charge on any atom is -0.437 e. The molecule has 0 spiro atoms. The minimum absolute atomic E-state index is 0.00965. The number of aromatic nitrogens is 5. The Bertz CT molecular complexity index is 1390. The van der Waals surface area contributed by atoms with E-state index in [0.29, 0.717) is 34.0 Å². The summed E-state index contributed by atoms with van der Waals surface area (Å²) in [5.74, 6) is 0.985. The molecule has 35 heavy (non-hydrogen) atoms. The quantitative estimate of drug-likeness (QED) is 0.390. The molecule has 4 rings (SSSR count). The molecule has 0 aliphatic heterocycles. The standard InChI is InChI=1S/C23H21F3N8O/c1-4-28-21(23(24,25)26)14-5-6-18(30-10-14)32-16-8-19(33-22-20(16)31-12-34(22)3)35-17-11-29-15(9-27)7-13(17)2/h5-8,10-12,21,28H,4H2,1-3H3,(H,30,32,33). The van der Waals surface area contributed by atoms with E-state index in [1.54, 1.807) is 43.9 Å². The fourth-order valence-electron chi connectivity index (χ4n) is 3.46. The molecular formula is C23H21F3N8O. The van der Waals surface area contributed by atoms with Gasteiger partial charge in [0.25, 0.3) is 0 Å². The minimum atomic E-state index is -4.44. The molecule has 0 fully saturated rings. The Morgan fingerprint density at radius 2 is 1.97 bits per heavy atom. The summed E-state index contributed by atoms with van der Waals surface area (Å²) in [6, 6.07) is 6.22. The Morgan fingerprint density at radius 3 is 2.60 bits per heavy atom. The van der Waals surface area contributed by atoms with Crippen LogP contribution in [0, 0.1) is 18.3 Å². The van der Waals surface area contributed by atoms with Crippen LogP contribution in [0.3, 0.4) is 0 Å². The van der Waals surface area contributed by atoms with Crippen LogP contribution in [0.25, 0.3) is 11.2 Å². The molecule has 0 saturated heterocycles. The summed E-state index contributed by atoms with van der Waals surface area (Å²) in [5, 5.41) is 14.5. The average molecular weight is 482 g/mol. The van der Waals surface area contributed by atoms with Crippen molar-refractivity contribution in [3.8, 4) is 17.7 Å². The highest BCUT2D eigenvalue weighted by Crippen LogP contribution is 2.34. The fraction of sp³-hybridized carbons (Fsp3) is 0.261. The monoisotopic (exact) mass is 482 g/mol. The highest BCUT2D eigenvalue weighted by molar-refractivity contribution is 5.88. The topological polar surface area (TPSA) is 114 Å². The van der Waals surface area contributed by atoms with Crippen LogP contribution in [0.1, 0.15) is 29.8 Å². The van der Waals surface area contributed by atoms with Gasteiger partial charge in [-0.3, -0.25) is 0 Å². The first-order valence-electron chi connectivity index (χ1n) is 10.6. The Kier molecular flexibility index (Phi) is 6.52. The van der Waals surface area contributed by atoms with Gasteiger partial charge in [0.15, 0.2) is 11.4 Å². The van der Waals surface area contributed by atoms with Crippen molar-refractivity contribution in [2.24, 2.45) is 7.05 Å². The van der Waals surface area contributed by atoms with Crippen molar-refractivity contribution in [3.63, 3.8) is 0 Å². The van der Waals surface area contributed by atoms with Gasteiger partial charge in [0.2, 0.25) is 5.88 Å². The SMILES string of the molecule is CCNC(c1ccc(Nc2cc(Oc3cnc(C#N)cc3C)nc3c2ncn3C)nc1)C(F)(F)F. The van der Waals surface area contributed by atoms with E-state index >= 15 is 0 Å². The molecule has 0 saturated carbocycles. The summed E-state index contributed by atoms with van der Waals surface area (Å²) in [5.41, 5.74) is 2.53. The molecule has 12 heteroatoms. The van der Waals surface area contributed by atoms with Gasteiger partial charge in [0.05, 0.1) is 18.2 Å². The first kappa shape index (κ1) is 23.9. The van der Waals surface area contributed by atoms with Crippen LogP contribution in [0.5, 0.6) is 11.6 Å². The van der Waals surface area contributed by atoms with Crippen molar-refractivity contribution in [1.82, 2.24) is 29.8 Å². The second kappa shape index (κ2) is 9.55. The zero-order valence-electron chi connectivity index (χ0n) is 19.1. The van der Waals surface area contributed by atoms with Crippen molar-refractivity contribution in [2.45, 2.75) is 26.1 Å². The summed E-state index contributed by atoms with van der Waals surface area (Å²) < 4.78 is 47.7. The molecule has 0 aromatic carbocycles. The lowest BCUT2D eigenvalue weighted by atomic mass is 10.1. The van der Waals surface area contributed by atoms with Crippen molar-refractivity contribution in [3.05, 3.63) is 59.8 Å². The van der Waals surface area contributed by atoms with E-state index in [9.17, 15) is 13.2 Å². The molecule has 0 radical (unpaired) electrons. The van der Waals surface area contributed by atoms with Gasteiger partial charge < -0.3 is 19.9 Å². The largest absolute Gasteiger partial charge is 0.437 e.